The summed E-state index contributed by atoms with van der Waals surface area (Å²) in [7, 11) is 0.403. The molecular formula is C74H82N12O13S6. The standard InChI is InChI=1S/C40H46N6O8S3.C33H32N6O5S3.CH4/c1-4-20-51-22-23-52-24-25-53-27-30-26-44(42-41-30)19-10-21-54-31-17-15-29(16-18-31)39-28-40-37(48)43(3)38(2,55-56-40)36(47)45(40)35(39)46(34-14-9-8-13-33(34)39)57(49,50)32-11-6-5-7-12-32;1-3-23-20-37(35-34-23)18-9-19-44-24-16-14-22(15-17-24)32-21-33-31(41)36(2)29(45-46-33)28(40)38(33)30(32)39(27-13-8-7-12-26(27)32)47(42,43)25-10-5-4-6-11-25;/h5-9,11-18,26,35H,4,10,19-25,27-28H2,1-3H3;4-8,10-17,20,29-30H,3,9,18-19,21H2,1-2H3;1H4/t35-,38-,39-,40-;29-,30-,32-,33-;/m00./s1. The van der Waals surface area contributed by atoms with Crippen LogP contribution in [0, 0.1) is 0 Å². The number of likely N-dealkylation sites (N-methyl/N-ethyl adjacent to an activating group) is 2. The van der Waals surface area contributed by atoms with Gasteiger partial charge >= 0.3 is 0 Å². The molecule has 2 aromatic heterocycles. The zero-order chi connectivity index (χ0) is 72.4. The van der Waals surface area contributed by atoms with Gasteiger partial charge < -0.3 is 33.5 Å². The van der Waals surface area contributed by atoms with Crippen molar-refractivity contribution < 1.29 is 59.7 Å². The van der Waals surface area contributed by atoms with E-state index < -0.39 is 63.2 Å². The molecule has 31 heteroatoms. The minimum atomic E-state index is -4.21. The Morgan fingerprint density at radius 3 is 1.50 bits per heavy atom. The first-order valence-electron chi connectivity index (χ1n) is 34.6. The molecule has 0 aliphatic carbocycles. The molecule has 12 heterocycles. The summed E-state index contributed by atoms with van der Waals surface area (Å²) in [6, 6.07) is 46.6. The number of fused-ring (bicyclic) bond motifs is 10. The van der Waals surface area contributed by atoms with E-state index in [1.54, 1.807) is 114 Å². The number of piperazine rings is 2. The normalized spacial score (nSPS) is 25.2. The van der Waals surface area contributed by atoms with E-state index in [1.165, 1.54) is 61.6 Å². The maximum absolute atomic E-state index is 14.8. The number of amides is 4. The molecule has 10 aliphatic heterocycles. The molecule has 4 amide bonds. The summed E-state index contributed by atoms with van der Waals surface area (Å²) >= 11 is 0. The Bertz CT molecular complexity index is 4800. The predicted octanol–water partition coefficient (Wildman–Crippen LogP) is 9.93. The molecule has 8 atom stereocenters. The molecule has 105 heavy (non-hydrogen) atoms. The Balaban J connectivity index is 0.000000178. The SMILES string of the molecule is C.CCCOCCOCCOCc1cn(CCCOc2ccc([C@]34C[C@@]56SS[C@@](C)(C(=O)N5[C@H]3N(S(=O)(=O)c3ccccc3)c3ccccc34)N(C)C6=O)cc2)nn1.CCc1cn(CCCOc2ccc([C@]34C[C@@]56SS[C@@H](C(=O)N5[C@H]3N(S(=O)(=O)c3ccccc3)c3ccccc34)N(C)C6=O)cc2)nn1. The number of rotatable bonds is 27. The highest BCUT2D eigenvalue weighted by Gasteiger charge is 2.80. The minimum absolute atomic E-state index is 0. The number of ether oxygens (including phenoxy) is 5. The highest BCUT2D eigenvalue weighted by molar-refractivity contribution is 8.78. The Morgan fingerprint density at radius 2 is 0.981 bits per heavy atom. The van der Waals surface area contributed by atoms with Crippen molar-refractivity contribution in [3.05, 3.63) is 204 Å². The molecule has 0 unspecified atom stereocenters. The largest absolute Gasteiger partial charge is 0.494 e. The van der Waals surface area contributed by atoms with Gasteiger partial charge in [-0.05, 0) is 103 Å². The van der Waals surface area contributed by atoms with Crippen LogP contribution >= 0.6 is 43.2 Å². The lowest BCUT2D eigenvalue weighted by molar-refractivity contribution is -0.163. The van der Waals surface area contributed by atoms with Crippen LogP contribution in [0.4, 0.5) is 11.4 Å². The quantitative estimate of drug-likeness (QED) is 0.0342. The monoisotopic (exact) mass is 1540 g/mol. The van der Waals surface area contributed by atoms with Gasteiger partial charge in [0, 0.05) is 65.7 Å². The van der Waals surface area contributed by atoms with Gasteiger partial charge in [0.1, 0.15) is 29.5 Å². The van der Waals surface area contributed by atoms with E-state index >= 15 is 0 Å². The lowest BCUT2D eigenvalue weighted by Crippen LogP contribution is -2.76. The lowest BCUT2D eigenvalue weighted by Gasteiger charge is -2.58. The van der Waals surface area contributed by atoms with Crippen LogP contribution in [0.1, 0.15) is 93.9 Å². The van der Waals surface area contributed by atoms with Crippen LogP contribution in [0.25, 0.3) is 0 Å². The third-order valence-corrected chi connectivity index (χ3v) is 31.2. The second-order valence-electron chi connectivity index (χ2n) is 26.7. The molecule has 2 spiro atoms. The number of anilines is 2. The number of para-hydroxylation sites is 2. The first kappa shape index (κ1) is 73.7. The first-order valence-corrected chi connectivity index (χ1v) is 41.8. The van der Waals surface area contributed by atoms with Gasteiger partial charge in [-0.25, -0.2) is 25.4 Å². The van der Waals surface area contributed by atoms with E-state index in [4.69, 9.17) is 23.7 Å². The van der Waals surface area contributed by atoms with Crippen molar-refractivity contribution in [3.8, 4) is 11.5 Å². The number of carbonyl (C=O) groups excluding carboxylic acids is 4. The average molecular weight is 1540 g/mol. The summed E-state index contributed by atoms with van der Waals surface area (Å²) in [6.45, 7) is 11.2. The number of aryl methyl sites for hydroxylation is 3. The van der Waals surface area contributed by atoms with Gasteiger partial charge in [0.05, 0.1) is 90.1 Å². The lowest BCUT2D eigenvalue weighted by atomic mass is 9.72. The number of aromatic nitrogens is 6. The van der Waals surface area contributed by atoms with Crippen molar-refractivity contribution in [1.29, 1.82) is 0 Å². The molecule has 6 aromatic carbocycles. The molecule has 8 saturated heterocycles. The number of nitrogens with zero attached hydrogens (tertiary/aromatic N) is 12. The van der Waals surface area contributed by atoms with Crippen molar-refractivity contribution in [3.63, 3.8) is 0 Å². The van der Waals surface area contributed by atoms with Gasteiger partial charge in [0.25, 0.3) is 43.7 Å². The third-order valence-electron chi connectivity index (χ3n) is 20.7. The van der Waals surface area contributed by atoms with Gasteiger partial charge in [0.15, 0.2) is 20.0 Å². The predicted molar refractivity (Wildman–Crippen MR) is 402 cm³/mol. The molecule has 0 N–H and O–H groups in total. The first-order chi connectivity index (χ1) is 50.3. The van der Waals surface area contributed by atoms with E-state index in [-0.39, 0.29) is 53.7 Å². The van der Waals surface area contributed by atoms with Crippen molar-refractivity contribution in [1.82, 2.24) is 49.6 Å². The molecule has 18 rings (SSSR count). The molecule has 25 nitrogen and oxygen atoms in total. The highest BCUT2D eigenvalue weighted by Crippen LogP contribution is 2.72. The Hall–Kier alpha value is -8.14. The summed E-state index contributed by atoms with van der Waals surface area (Å²) in [5.74, 6) is 0.355. The van der Waals surface area contributed by atoms with Gasteiger partial charge in [-0.2, -0.15) is 0 Å². The topological polar surface area (TPSA) is 264 Å². The number of benzene rings is 6. The molecule has 8 aromatic rings. The van der Waals surface area contributed by atoms with Gasteiger partial charge in [0.2, 0.25) is 0 Å². The molecule has 0 saturated carbocycles. The zero-order valence-electron chi connectivity index (χ0n) is 57.8. The molecule has 10 aliphatic rings. The molecular weight excluding hydrogens is 1460 g/mol. The molecule has 552 valence electrons. The van der Waals surface area contributed by atoms with Gasteiger partial charge in [-0.3, -0.25) is 38.3 Å². The van der Waals surface area contributed by atoms with Crippen LogP contribution < -0.4 is 18.1 Å². The maximum atomic E-state index is 14.8. The zero-order valence-corrected chi connectivity index (χ0v) is 62.7. The summed E-state index contributed by atoms with van der Waals surface area (Å²) in [6.07, 6.45) is 5.43. The second kappa shape index (κ2) is 29.2. The van der Waals surface area contributed by atoms with E-state index in [9.17, 15) is 36.0 Å². The maximum Gasteiger partial charge on any atom is 0.266 e. The van der Waals surface area contributed by atoms with E-state index in [1.807, 2.05) is 103 Å². The Kier molecular flexibility index (Phi) is 20.5. The number of hydrogen-bond donors (Lipinski definition) is 0. The van der Waals surface area contributed by atoms with Gasteiger partial charge in [-0.15, -0.1) is 10.2 Å². The van der Waals surface area contributed by atoms with Gasteiger partial charge in [-0.1, -0.05) is 172 Å². The van der Waals surface area contributed by atoms with Crippen LogP contribution in [0.3, 0.4) is 0 Å². The number of carbonyl (C=O) groups is 4. The Labute approximate surface area is 626 Å². The fraction of sp³-hybridized carbons (Fsp3) is 0.405. The number of hydrogen-bond acceptors (Lipinski definition) is 21. The second-order valence-corrected chi connectivity index (χ2v) is 35.7. The van der Waals surface area contributed by atoms with Crippen LogP contribution in [-0.4, -0.2) is 183 Å². The summed E-state index contributed by atoms with van der Waals surface area (Å²) in [5, 5.41) is 15.9. The van der Waals surface area contributed by atoms with E-state index in [0.717, 1.165) is 59.5 Å². The van der Waals surface area contributed by atoms with Crippen LogP contribution in [0.2, 0.25) is 0 Å². The fourth-order valence-corrected chi connectivity index (χ4v) is 26.0. The molecule has 8 fully saturated rings. The summed E-state index contributed by atoms with van der Waals surface area (Å²) < 4.78 is 93.9. The summed E-state index contributed by atoms with van der Waals surface area (Å²) in [5.41, 5.74) is 3.67. The fourth-order valence-electron chi connectivity index (χ4n) is 15.6. The van der Waals surface area contributed by atoms with E-state index in [0.29, 0.717) is 88.6 Å². The van der Waals surface area contributed by atoms with Crippen molar-refractivity contribution in [2.24, 2.45) is 0 Å². The van der Waals surface area contributed by atoms with Crippen LogP contribution in [0.15, 0.2) is 180 Å². The summed E-state index contributed by atoms with van der Waals surface area (Å²) in [4.78, 5) is 60.1. The minimum Gasteiger partial charge on any atom is -0.494 e. The average Bonchev–Trinajstić information content (AvgIpc) is 1.50. The van der Waals surface area contributed by atoms with Crippen molar-refractivity contribution in [2.75, 3.05) is 69.0 Å². The van der Waals surface area contributed by atoms with Crippen molar-refractivity contribution >= 4 is 98.2 Å². The molecule has 4 bridgehead atoms. The molecule has 0 radical (unpaired) electrons. The van der Waals surface area contributed by atoms with Crippen molar-refractivity contribution in [2.45, 2.75) is 139 Å². The third kappa shape index (κ3) is 12.1. The van der Waals surface area contributed by atoms with Crippen LogP contribution in [0.5, 0.6) is 11.5 Å². The highest BCUT2D eigenvalue weighted by atomic mass is 33.1. The van der Waals surface area contributed by atoms with E-state index in [2.05, 4.69) is 27.5 Å². The van der Waals surface area contributed by atoms with Crippen LogP contribution in [-0.2, 0) is 90.4 Å². The Morgan fingerprint density at radius 1 is 0.514 bits per heavy atom. The number of sulfonamides is 2. The smallest absolute Gasteiger partial charge is 0.266 e.